The molecule has 0 aliphatic rings. The highest BCUT2D eigenvalue weighted by Crippen LogP contribution is 2.25. The number of benzene rings is 1. The standard InChI is InChI=1S/C11H16N4O3/c12-5-1-2-6-14-9-4-3-8(11(13)16)7-10(9)15(17)18/h3-4,7,14H,1-2,5-6,12H2,(H2,13,16). The van der Waals surface area contributed by atoms with E-state index < -0.39 is 10.8 Å². The molecule has 1 amide bonds. The zero-order valence-electron chi connectivity index (χ0n) is 9.89. The van der Waals surface area contributed by atoms with Crippen LogP contribution in [0.15, 0.2) is 18.2 Å². The Bertz CT molecular complexity index is 448. The highest BCUT2D eigenvalue weighted by Gasteiger charge is 2.15. The molecule has 1 aromatic rings. The first kappa shape index (κ1) is 13.9. The molecule has 98 valence electrons. The van der Waals surface area contributed by atoms with Crippen LogP contribution in [0.3, 0.4) is 0 Å². The number of hydrogen-bond acceptors (Lipinski definition) is 5. The Hall–Kier alpha value is -2.15. The molecular formula is C11H16N4O3. The van der Waals surface area contributed by atoms with Gasteiger partial charge in [-0.15, -0.1) is 0 Å². The van der Waals surface area contributed by atoms with Crippen LogP contribution in [0.25, 0.3) is 0 Å². The zero-order chi connectivity index (χ0) is 13.5. The molecule has 0 atom stereocenters. The molecule has 18 heavy (non-hydrogen) atoms. The number of nitro groups is 1. The van der Waals surface area contributed by atoms with Crippen LogP contribution in [0.4, 0.5) is 11.4 Å². The maximum Gasteiger partial charge on any atom is 0.293 e. The average Bonchev–Trinajstić information content (AvgIpc) is 2.34. The summed E-state index contributed by atoms with van der Waals surface area (Å²) in [4.78, 5) is 21.3. The molecule has 0 aromatic heterocycles. The van der Waals surface area contributed by atoms with Gasteiger partial charge in [-0.05, 0) is 31.5 Å². The van der Waals surface area contributed by atoms with Gasteiger partial charge in [0.25, 0.3) is 5.69 Å². The number of unbranched alkanes of at least 4 members (excludes halogenated alkanes) is 1. The first-order chi connectivity index (χ1) is 8.56. The van der Waals surface area contributed by atoms with Crippen LogP contribution in [0, 0.1) is 10.1 Å². The Morgan fingerprint density at radius 3 is 2.67 bits per heavy atom. The Morgan fingerprint density at radius 2 is 2.11 bits per heavy atom. The monoisotopic (exact) mass is 252 g/mol. The number of hydrogen-bond donors (Lipinski definition) is 3. The fourth-order valence-corrected chi connectivity index (χ4v) is 1.48. The van der Waals surface area contributed by atoms with Gasteiger partial charge in [0.1, 0.15) is 5.69 Å². The van der Waals surface area contributed by atoms with Crippen molar-refractivity contribution < 1.29 is 9.72 Å². The Labute approximate surface area is 104 Å². The van der Waals surface area contributed by atoms with Crippen molar-refractivity contribution in [2.75, 3.05) is 18.4 Å². The average molecular weight is 252 g/mol. The van der Waals surface area contributed by atoms with Crippen LogP contribution >= 0.6 is 0 Å². The van der Waals surface area contributed by atoms with E-state index in [0.717, 1.165) is 12.8 Å². The van der Waals surface area contributed by atoms with Gasteiger partial charge >= 0.3 is 0 Å². The van der Waals surface area contributed by atoms with Gasteiger partial charge < -0.3 is 16.8 Å². The third-order valence-electron chi connectivity index (χ3n) is 2.43. The van der Waals surface area contributed by atoms with Gasteiger partial charge in [-0.1, -0.05) is 0 Å². The molecule has 0 aliphatic heterocycles. The second-order valence-electron chi connectivity index (χ2n) is 3.78. The summed E-state index contributed by atoms with van der Waals surface area (Å²) in [5.74, 6) is -0.687. The van der Waals surface area contributed by atoms with Crippen molar-refractivity contribution in [3.8, 4) is 0 Å². The first-order valence-corrected chi connectivity index (χ1v) is 5.58. The smallest absolute Gasteiger partial charge is 0.293 e. The summed E-state index contributed by atoms with van der Waals surface area (Å²) in [5, 5.41) is 13.8. The molecule has 0 fully saturated rings. The number of rotatable bonds is 7. The van der Waals surface area contributed by atoms with Crippen LogP contribution in [0.2, 0.25) is 0 Å². The maximum absolute atomic E-state index is 11.0. The normalized spacial score (nSPS) is 10.1. The number of amides is 1. The predicted molar refractivity (Wildman–Crippen MR) is 68.4 cm³/mol. The third kappa shape index (κ3) is 3.70. The van der Waals surface area contributed by atoms with Crippen LogP contribution in [-0.2, 0) is 0 Å². The largest absolute Gasteiger partial charge is 0.379 e. The number of carbonyl (C=O) groups is 1. The lowest BCUT2D eigenvalue weighted by atomic mass is 10.1. The summed E-state index contributed by atoms with van der Waals surface area (Å²) in [6.45, 7) is 1.18. The first-order valence-electron chi connectivity index (χ1n) is 5.58. The molecule has 0 saturated carbocycles. The number of primary amides is 1. The van der Waals surface area contributed by atoms with Crippen molar-refractivity contribution in [2.24, 2.45) is 11.5 Å². The lowest BCUT2D eigenvalue weighted by Crippen LogP contribution is -2.12. The molecule has 7 heteroatoms. The van der Waals surface area contributed by atoms with E-state index in [9.17, 15) is 14.9 Å². The SMILES string of the molecule is NCCCCNc1ccc(C(N)=O)cc1[N+](=O)[O-]. The summed E-state index contributed by atoms with van der Waals surface area (Å²) < 4.78 is 0. The second-order valence-corrected chi connectivity index (χ2v) is 3.78. The topological polar surface area (TPSA) is 124 Å². The minimum Gasteiger partial charge on any atom is -0.379 e. The maximum atomic E-state index is 11.0. The number of nitrogens with two attached hydrogens (primary N) is 2. The van der Waals surface area contributed by atoms with Gasteiger partial charge in [0.15, 0.2) is 0 Å². The van der Waals surface area contributed by atoms with Crippen molar-refractivity contribution in [3.63, 3.8) is 0 Å². The quantitative estimate of drug-likeness (QED) is 0.377. The van der Waals surface area contributed by atoms with Gasteiger partial charge in [0.05, 0.1) is 4.92 Å². The lowest BCUT2D eigenvalue weighted by Gasteiger charge is -2.07. The van der Waals surface area contributed by atoms with Crippen LogP contribution < -0.4 is 16.8 Å². The number of nitro benzene ring substituents is 1. The molecule has 0 heterocycles. The molecule has 0 spiro atoms. The van der Waals surface area contributed by atoms with E-state index in [0.29, 0.717) is 18.8 Å². The minimum absolute atomic E-state index is 0.120. The number of nitrogens with one attached hydrogen (secondary N) is 1. The molecule has 0 saturated heterocycles. The highest BCUT2D eigenvalue weighted by atomic mass is 16.6. The molecule has 0 radical (unpaired) electrons. The van der Waals surface area contributed by atoms with E-state index in [2.05, 4.69) is 5.32 Å². The van der Waals surface area contributed by atoms with Gasteiger partial charge in [0.2, 0.25) is 5.91 Å². The number of carbonyl (C=O) groups excluding carboxylic acids is 1. The van der Waals surface area contributed by atoms with Crippen molar-refractivity contribution in [2.45, 2.75) is 12.8 Å². The molecule has 1 rings (SSSR count). The van der Waals surface area contributed by atoms with Gasteiger partial charge in [-0.2, -0.15) is 0 Å². The van der Waals surface area contributed by atoms with Crippen LogP contribution in [-0.4, -0.2) is 23.9 Å². The Morgan fingerprint density at radius 1 is 1.39 bits per heavy atom. The fraction of sp³-hybridized carbons (Fsp3) is 0.364. The van der Waals surface area contributed by atoms with Gasteiger partial charge in [-0.25, -0.2) is 0 Å². The molecule has 0 bridgehead atoms. The van der Waals surface area contributed by atoms with Crippen LogP contribution in [0.1, 0.15) is 23.2 Å². The number of anilines is 1. The van der Waals surface area contributed by atoms with E-state index in [4.69, 9.17) is 11.5 Å². The molecule has 7 nitrogen and oxygen atoms in total. The molecule has 1 aromatic carbocycles. The van der Waals surface area contributed by atoms with E-state index in [1.54, 1.807) is 0 Å². The van der Waals surface area contributed by atoms with E-state index in [-0.39, 0.29) is 11.3 Å². The predicted octanol–water partition coefficient (Wildman–Crippen LogP) is 0.845. The van der Waals surface area contributed by atoms with Gasteiger partial charge in [-0.3, -0.25) is 14.9 Å². The third-order valence-corrected chi connectivity index (χ3v) is 2.43. The zero-order valence-corrected chi connectivity index (χ0v) is 9.89. The summed E-state index contributed by atoms with van der Waals surface area (Å²) in [6, 6.07) is 4.12. The molecule has 5 N–H and O–H groups in total. The Kier molecular flexibility index (Phi) is 5.06. The summed E-state index contributed by atoms with van der Waals surface area (Å²) in [6.07, 6.45) is 1.67. The highest BCUT2D eigenvalue weighted by molar-refractivity contribution is 5.94. The molecular weight excluding hydrogens is 236 g/mol. The van der Waals surface area contributed by atoms with E-state index in [1.807, 2.05) is 0 Å². The van der Waals surface area contributed by atoms with Gasteiger partial charge in [0, 0.05) is 18.2 Å². The summed E-state index contributed by atoms with van der Waals surface area (Å²) in [7, 11) is 0. The molecule has 0 unspecified atom stereocenters. The second kappa shape index (κ2) is 6.55. The van der Waals surface area contributed by atoms with Crippen LogP contribution in [0.5, 0.6) is 0 Å². The fourth-order valence-electron chi connectivity index (χ4n) is 1.48. The van der Waals surface area contributed by atoms with Crippen molar-refractivity contribution >= 4 is 17.3 Å². The van der Waals surface area contributed by atoms with Crippen molar-refractivity contribution in [1.29, 1.82) is 0 Å². The van der Waals surface area contributed by atoms with E-state index in [1.165, 1.54) is 18.2 Å². The Balaban J connectivity index is 2.83. The van der Waals surface area contributed by atoms with E-state index >= 15 is 0 Å². The van der Waals surface area contributed by atoms with Crippen molar-refractivity contribution in [1.82, 2.24) is 0 Å². The molecule has 0 aliphatic carbocycles. The number of nitrogens with zero attached hydrogens (tertiary/aromatic N) is 1. The summed E-state index contributed by atoms with van der Waals surface area (Å²) >= 11 is 0. The van der Waals surface area contributed by atoms with Crippen molar-refractivity contribution in [3.05, 3.63) is 33.9 Å². The lowest BCUT2D eigenvalue weighted by molar-refractivity contribution is -0.384. The summed E-state index contributed by atoms with van der Waals surface area (Å²) in [5.41, 5.74) is 10.8. The minimum atomic E-state index is -0.687.